The Morgan fingerprint density at radius 3 is 2.80 bits per heavy atom. The summed E-state index contributed by atoms with van der Waals surface area (Å²) in [5, 5.41) is 0. The molecule has 15 heavy (non-hydrogen) atoms. The third-order valence-electron chi connectivity index (χ3n) is 2.30. The quantitative estimate of drug-likeness (QED) is 0.814. The van der Waals surface area contributed by atoms with Crippen molar-refractivity contribution in [1.82, 2.24) is 0 Å². The Hall–Kier alpha value is -1.42. The van der Waals surface area contributed by atoms with E-state index in [9.17, 15) is 4.39 Å². The van der Waals surface area contributed by atoms with Crippen molar-refractivity contribution in [1.29, 1.82) is 0 Å². The molecule has 1 unspecified atom stereocenters. The second-order valence-electron chi connectivity index (χ2n) is 3.48. The number of nitrogens with two attached hydrogens (primary N) is 1. The predicted molar refractivity (Wildman–Crippen MR) is 56.3 cm³/mol. The van der Waals surface area contributed by atoms with Gasteiger partial charge in [-0.25, -0.2) is 9.38 Å². The lowest BCUT2D eigenvalue weighted by Gasteiger charge is -2.00. The van der Waals surface area contributed by atoms with E-state index in [4.69, 9.17) is 10.5 Å². The molecule has 0 amide bonds. The Morgan fingerprint density at radius 2 is 2.13 bits per heavy atom. The van der Waals surface area contributed by atoms with Crippen LogP contribution >= 0.6 is 0 Å². The van der Waals surface area contributed by atoms with Crippen molar-refractivity contribution in [2.75, 3.05) is 13.2 Å². The van der Waals surface area contributed by atoms with Gasteiger partial charge in [-0.2, -0.15) is 0 Å². The first kappa shape index (κ1) is 10.1. The van der Waals surface area contributed by atoms with Gasteiger partial charge in [0.25, 0.3) is 0 Å². The molecule has 1 aliphatic rings. The molecule has 2 N–H and O–H groups in total. The second-order valence-corrected chi connectivity index (χ2v) is 3.48. The average Bonchev–Trinajstić information content (AvgIpc) is 2.68. The Labute approximate surface area is 87.8 Å². The number of aliphatic imine (C=N–C) groups is 1. The number of rotatable bonds is 3. The molecule has 3 nitrogen and oxygen atoms in total. The molecule has 0 aromatic heterocycles. The number of benzene rings is 1. The fourth-order valence-corrected chi connectivity index (χ4v) is 1.51. The lowest BCUT2D eigenvalue weighted by Crippen LogP contribution is -2.12. The minimum Gasteiger partial charge on any atom is -0.475 e. The van der Waals surface area contributed by atoms with Gasteiger partial charge in [0.2, 0.25) is 5.90 Å². The van der Waals surface area contributed by atoms with Gasteiger partial charge in [-0.05, 0) is 37.2 Å². The number of halogens is 1. The number of hydrogen-bond acceptors (Lipinski definition) is 3. The van der Waals surface area contributed by atoms with E-state index in [1.165, 1.54) is 12.1 Å². The van der Waals surface area contributed by atoms with E-state index in [2.05, 4.69) is 4.99 Å². The highest BCUT2D eigenvalue weighted by molar-refractivity contribution is 5.95. The topological polar surface area (TPSA) is 47.6 Å². The Kier molecular flexibility index (Phi) is 2.97. The van der Waals surface area contributed by atoms with Crippen LogP contribution in [-0.4, -0.2) is 25.1 Å². The zero-order valence-electron chi connectivity index (χ0n) is 8.32. The largest absolute Gasteiger partial charge is 0.475 e. The summed E-state index contributed by atoms with van der Waals surface area (Å²) in [4.78, 5) is 4.37. The van der Waals surface area contributed by atoms with E-state index >= 15 is 0 Å². The predicted octanol–water partition coefficient (Wildman–Crippen LogP) is 1.32. The summed E-state index contributed by atoms with van der Waals surface area (Å²) in [5.74, 6) is 0.337. The van der Waals surface area contributed by atoms with Crippen molar-refractivity contribution >= 4 is 5.90 Å². The van der Waals surface area contributed by atoms with E-state index in [1.807, 2.05) is 0 Å². The number of hydrogen-bond donors (Lipinski definition) is 1. The van der Waals surface area contributed by atoms with E-state index in [0.717, 1.165) is 12.0 Å². The molecule has 1 heterocycles. The molecule has 0 spiro atoms. The fraction of sp³-hybridized carbons (Fsp3) is 0.364. The highest BCUT2D eigenvalue weighted by Gasteiger charge is 2.18. The molecule has 0 radical (unpaired) electrons. The van der Waals surface area contributed by atoms with Crippen molar-refractivity contribution in [2.24, 2.45) is 10.7 Å². The van der Waals surface area contributed by atoms with Crippen LogP contribution in [0.1, 0.15) is 12.0 Å². The SMILES string of the molecule is NCCC1COC(c2ccc(F)cc2)=N1. The van der Waals surface area contributed by atoms with Gasteiger partial charge in [0.15, 0.2) is 0 Å². The van der Waals surface area contributed by atoms with Crippen LogP contribution in [0.2, 0.25) is 0 Å². The molecular weight excluding hydrogens is 195 g/mol. The molecule has 0 bridgehead atoms. The number of ether oxygens (including phenoxy) is 1. The Bertz CT molecular complexity index is 361. The van der Waals surface area contributed by atoms with Gasteiger partial charge in [-0.3, -0.25) is 0 Å². The van der Waals surface area contributed by atoms with Gasteiger partial charge in [0.1, 0.15) is 12.4 Å². The Morgan fingerprint density at radius 1 is 1.40 bits per heavy atom. The third kappa shape index (κ3) is 2.33. The maximum absolute atomic E-state index is 12.7. The zero-order chi connectivity index (χ0) is 10.7. The molecule has 0 saturated heterocycles. The van der Waals surface area contributed by atoms with E-state index in [-0.39, 0.29) is 11.9 Å². The van der Waals surface area contributed by atoms with E-state index in [0.29, 0.717) is 19.0 Å². The zero-order valence-corrected chi connectivity index (χ0v) is 8.32. The lowest BCUT2D eigenvalue weighted by atomic mass is 10.2. The lowest BCUT2D eigenvalue weighted by molar-refractivity contribution is 0.313. The summed E-state index contributed by atoms with van der Waals surface area (Å²) in [6.45, 7) is 1.18. The van der Waals surface area contributed by atoms with Crippen molar-refractivity contribution < 1.29 is 9.13 Å². The van der Waals surface area contributed by atoms with Crippen LogP contribution in [0.15, 0.2) is 29.3 Å². The average molecular weight is 208 g/mol. The van der Waals surface area contributed by atoms with Crippen LogP contribution < -0.4 is 5.73 Å². The first-order chi connectivity index (χ1) is 7.29. The summed E-state index contributed by atoms with van der Waals surface area (Å²) < 4.78 is 18.1. The van der Waals surface area contributed by atoms with E-state index < -0.39 is 0 Å². The van der Waals surface area contributed by atoms with Crippen LogP contribution in [-0.2, 0) is 4.74 Å². The first-order valence-corrected chi connectivity index (χ1v) is 4.96. The summed E-state index contributed by atoms with van der Waals surface area (Å²) >= 11 is 0. The minimum atomic E-state index is -0.254. The van der Waals surface area contributed by atoms with Gasteiger partial charge >= 0.3 is 0 Å². The normalized spacial score (nSPS) is 19.9. The summed E-state index contributed by atoms with van der Waals surface area (Å²) in [6, 6.07) is 6.28. The highest BCUT2D eigenvalue weighted by atomic mass is 19.1. The van der Waals surface area contributed by atoms with Gasteiger partial charge in [0.05, 0.1) is 6.04 Å². The van der Waals surface area contributed by atoms with Gasteiger partial charge in [-0.1, -0.05) is 0 Å². The second kappa shape index (κ2) is 4.40. The molecule has 1 aliphatic heterocycles. The van der Waals surface area contributed by atoms with Gasteiger partial charge in [0, 0.05) is 5.56 Å². The molecule has 4 heteroatoms. The standard InChI is InChI=1S/C11H13FN2O/c12-9-3-1-8(2-4-9)11-14-10(5-6-13)7-15-11/h1-4,10H,5-7,13H2. The molecule has 2 rings (SSSR count). The van der Waals surface area contributed by atoms with E-state index in [1.54, 1.807) is 12.1 Å². The van der Waals surface area contributed by atoms with Crippen LogP contribution in [0.25, 0.3) is 0 Å². The molecular formula is C11H13FN2O. The molecule has 0 saturated carbocycles. The van der Waals surface area contributed by atoms with Gasteiger partial charge in [-0.15, -0.1) is 0 Å². The first-order valence-electron chi connectivity index (χ1n) is 4.96. The minimum absolute atomic E-state index is 0.148. The third-order valence-corrected chi connectivity index (χ3v) is 2.30. The Balaban J connectivity index is 2.12. The molecule has 1 aromatic rings. The summed E-state index contributed by atoms with van der Waals surface area (Å²) in [6.07, 6.45) is 0.824. The summed E-state index contributed by atoms with van der Waals surface area (Å²) in [5.41, 5.74) is 6.25. The van der Waals surface area contributed by atoms with Crippen LogP contribution in [0.5, 0.6) is 0 Å². The van der Waals surface area contributed by atoms with Crippen molar-refractivity contribution in [3.63, 3.8) is 0 Å². The maximum Gasteiger partial charge on any atom is 0.216 e. The smallest absolute Gasteiger partial charge is 0.216 e. The van der Waals surface area contributed by atoms with Gasteiger partial charge < -0.3 is 10.5 Å². The summed E-state index contributed by atoms with van der Waals surface area (Å²) in [7, 11) is 0. The highest BCUT2D eigenvalue weighted by Crippen LogP contribution is 2.14. The molecule has 0 aliphatic carbocycles. The number of nitrogens with zero attached hydrogens (tertiary/aromatic N) is 1. The van der Waals surface area contributed by atoms with Crippen LogP contribution in [0, 0.1) is 5.82 Å². The molecule has 1 aromatic carbocycles. The maximum atomic E-state index is 12.7. The van der Waals surface area contributed by atoms with Crippen molar-refractivity contribution in [2.45, 2.75) is 12.5 Å². The monoisotopic (exact) mass is 208 g/mol. The van der Waals surface area contributed by atoms with Crippen LogP contribution in [0.3, 0.4) is 0 Å². The molecule has 0 fully saturated rings. The van der Waals surface area contributed by atoms with Crippen LogP contribution in [0.4, 0.5) is 4.39 Å². The van der Waals surface area contributed by atoms with Crippen molar-refractivity contribution in [3.05, 3.63) is 35.6 Å². The fourth-order valence-electron chi connectivity index (χ4n) is 1.51. The van der Waals surface area contributed by atoms with Crippen molar-refractivity contribution in [3.8, 4) is 0 Å². The molecule has 80 valence electrons. The molecule has 1 atom stereocenters.